The van der Waals surface area contributed by atoms with Crippen LogP contribution in [0.1, 0.15) is 107 Å². The van der Waals surface area contributed by atoms with Crippen molar-refractivity contribution in [1.29, 1.82) is 0 Å². The number of esters is 2. The molecule has 0 saturated heterocycles. The predicted molar refractivity (Wildman–Crippen MR) is 178 cm³/mol. The van der Waals surface area contributed by atoms with Crippen LogP contribution in [-0.4, -0.2) is 36.4 Å². The Morgan fingerprint density at radius 3 is 1.86 bits per heavy atom. The third kappa shape index (κ3) is 12.1. The van der Waals surface area contributed by atoms with E-state index in [9.17, 15) is 14.7 Å². The highest BCUT2D eigenvalue weighted by atomic mass is 16.5. The monoisotopic (exact) mass is 602 g/mol. The van der Waals surface area contributed by atoms with E-state index in [1.165, 1.54) is 67.7 Å². The van der Waals surface area contributed by atoms with Crippen molar-refractivity contribution in [2.45, 2.75) is 110 Å². The number of aliphatic hydroxyl groups excluding tert-OH is 1. The van der Waals surface area contributed by atoms with Crippen molar-refractivity contribution >= 4 is 11.9 Å². The Morgan fingerprint density at radius 2 is 1.34 bits per heavy atom. The van der Waals surface area contributed by atoms with E-state index in [1.54, 1.807) is 6.92 Å². The van der Waals surface area contributed by atoms with Gasteiger partial charge in [0.15, 0.2) is 0 Å². The van der Waals surface area contributed by atoms with Crippen molar-refractivity contribution in [3.63, 3.8) is 0 Å². The minimum Gasteiger partial charge on any atom is -0.462 e. The molecule has 1 aliphatic carbocycles. The van der Waals surface area contributed by atoms with Crippen LogP contribution in [0.2, 0.25) is 0 Å². The molecule has 1 fully saturated rings. The highest BCUT2D eigenvalue weighted by Gasteiger charge is 2.25. The maximum Gasteiger partial charge on any atom is 0.336 e. The summed E-state index contributed by atoms with van der Waals surface area (Å²) in [5, 5.41) is 9.61. The smallest absolute Gasteiger partial charge is 0.336 e. The summed E-state index contributed by atoms with van der Waals surface area (Å²) in [5.41, 5.74) is 6.07. The Hall–Kier alpha value is -3.18. The fourth-order valence-electron chi connectivity index (χ4n) is 5.94. The molecule has 5 nitrogen and oxygen atoms in total. The lowest BCUT2D eigenvalue weighted by atomic mass is 9.76. The van der Waals surface area contributed by atoms with Gasteiger partial charge in [0.05, 0.1) is 24.9 Å². The standard InChI is InChI=1S/C39H54O5/c1-6-7-8-9-31-10-12-32(13-11-31)14-15-33-18-22-36(23-19-33)37-24-20-34(21-25-37)16-17-35(26-43-38(41)28(2)3)27-44-39(42)29(4)30(5)40/h10-13,18-19,22-23,30,34-35,37,40H,2,4,6-9,14-17,20-21,24-27H2,1,3,5H3. The molecule has 0 aliphatic heterocycles. The van der Waals surface area contributed by atoms with Crippen molar-refractivity contribution in [2.24, 2.45) is 11.8 Å². The van der Waals surface area contributed by atoms with Gasteiger partial charge >= 0.3 is 11.9 Å². The summed E-state index contributed by atoms with van der Waals surface area (Å²) in [4.78, 5) is 24.1. The fourth-order valence-corrected chi connectivity index (χ4v) is 5.94. The topological polar surface area (TPSA) is 72.8 Å². The zero-order valence-electron chi connectivity index (χ0n) is 27.3. The highest BCUT2D eigenvalue weighted by Crippen LogP contribution is 2.38. The molecule has 240 valence electrons. The molecule has 0 heterocycles. The minimum absolute atomic E-state index is 0.0248. The van der Waals surface area contributed by atoms with Gasteiger partial charge in [-0.25, -0.2) is 9.59 Å². The Bertz CT molecular complexity index is 1190. The molecule has 2 unspecified atom stereocenters. The number of benzene rings is 2. The predicted octanol–water partition coefficient (Wildman–Crippen LogP) is 8.47. The summed E-state index contributed by atoms with van der Waals surface area (Å²) in [7, 11) is 0. The van der Waals surface area contributed by atoms with Crippen molar-refractivity contribution < 1.29 is 24.2 Å². The molecule has 1 N–H and O–H groups in total. The number of hydrogen-bond acceptors (Lipinski definition) is 5. The molecule has 44 heavy (non-hydrogen) atoms. The zero-order chi connectivity index (χ0) is 31.9. The Morgan fingerprint density at radius 1 is 0.818 bits per heavy atom. The first kappa shape index (κ1) is 35.3. The molecule has 0 bridgehead atoms. The maximum atomic E-state index is 12.2. The van der Waals surface area contributed by atoms with E-state index >= 15 is 0 Å². The summed E-state index contributed by atoms with van der Waals surface area (Å²) in [6, 6.07) is 18.5. The van der Waals surface area contributed by atoms with Gasteiger partial charge in [-0.05, 0) is 112 Å². The molecule has 1 saturated carbocycles. The number of hydrogen-bond donors (Lipinski definition) is 1. The van der Waals surface area contributed by atoms with E-state index in [0.717, 1.165) is 38.5 Å². The molecule has 2 aromatic rings. The number of carbonyl (C=O) groups is 2. The van der Waals surface area contributed by atoms with Crippen LogP contribution in [0.15, 0.2) is 72.8 Å². The maximum absolute atomic E-state index is 12.2. The van der Waals surface area contributed by atoms with E-state index in [0.29, 0.717) is 17.4 Å². The zero-order valence-corrected chi connectivity index (χ0v) is 27.3. The second-order valence-electron chi connectivity index (χ2n) is 12.9. The van der Waals surface area contributed by atoms with Crippen LogP contribution in [0, 0.1) is 11.8 Å². The van der Waals surface area contributed by atoms with E-state index in [4.69, 9.17) is 9.47 Å². The number of aliphatic hydroxyl groups is 1. The molecule has 1 aliphatic rings. The molecule has 3 rings (SSSR count). The highest BCUT2D eigenvalue weighted by molar-refractivity contribution is 5.88. The van der Waals surface area contributed by atoms with Gasteiger partial charge in [0, 0.05) is 11.5 Å². The van der Waals surface area contributed by atoms with Gasteiger partial charge in [0.25, 0.3) is 0 Å². The Labute approximate surface area is 265 Å². The second kappa shape index (κ2) is 18.6. The van der Waals surface area contributed by atoms with Gasteiger partial charge in [0.1, 0.15) is 0 Å². The van der Waals surface area contributed by atoms with Crippen LogP contribution < -0.4 is 0 Å². The van der Waals surface area contributed by atoms with Gasteiger partial charge in [-0.15, -0.1) is 0 Å². The first-order valence-corrected chi connectivity index (χ1v) is 16.7. The van der Waals surface area contributed by atoms with Gasteiger partial charge in [0.2, 0.25) is 0 Å². The van der Waals surface area contributed by atoms with Gasteiger partial charge in [-0.1, -0.05) is 81.5 Å². The largest absolute Gasteiger partial charge is 0.462 e. The third-order valence-corrected chi connectivity index (χ3v) is 9.09. The minimum atomic E-state index is -0.962. The quantitative estimate of drug-likeness (QED) is 0.105. The molecular weight excluding hydrogens is 548 g/mol. The fraction of sp³-hybridized carbons (Fsp3) is 0.538. The average Bonchev–Trinajstić information content (AvgIpc) is 3.03. The Kier molecular flexibility index (Phi) is 14.9. The van der Waals surface area contributed by atoms with Crippen molar-refractivity contribution in [1.82, 2.24) is 0 Å². The SMILES string of the molecule is C=C(C)C(=O)OCC(CCC1CCC(c2ccc(CCc3ccc(CCCCC)cc3)cc2)CC1)COC(=O)C(=C)C(C)O. The molecule has 2 atom stereocenters. The van der Waals surface area contributed by atoms with E-state index in [1.807, 2.05) is 0 Å². The number of carbonyl (C=O) groups excluding carboxylic acids is 2. The van der Waals surface area contributed by atoms with Gasteiger partial charge in [-0.2, -0.15) is 0 Å². The van der Waals surface area contributed by atoms with Crippen molar-refractivity contribution in [2.75, 3.05) is 13.2 Å². The summed E-state index contributed by atoms with van der Waals surface area (Å²) >= 11 is 0. The number of ether oxygens (including phenoxy) is 2. The second-order valence-corrected chi connectivity index (χ2v) is 12.9. The van der Waals surface area contributed by atoms with Gasteiger partial charge in [-0.3, -0.25) is 0 Å². The number of rotatable bonds is 18. The van der Waals surface area contributed by atoms with E-state index < -0.39 is 18.0 Å². The molecular formula is C39H54O5. The van der Waals surface area contributed by atoms with Crippen LogP contribution in [0.25, 0.3) is 0 Å². The number of unbranched alkanes of at least 4 members (excludes halogenated alkanes) is 2. The van der Waals surface area contributed by atoms with Crippen LogP contribution in [0.4, 0.5) is 0 Å². The normalized spacial score (nSPS) is 17.8. The van der Waals surface area contributed by atoms with Crippen LogP contribution in [0.5, 0.6) is 0 Å². The molecule has 0 amide bonds. The summed E-state index contributed by atoms with van der Waals surface area (Å²) < 4.78 is 10.8. The lowest BCUT2D eigenvalue weighted by Crippen LogP contribution is -2.24. The van der Waals surface area contributed by atoms with E-state index in [2.05, 4.69) is 68.6 Å². The van der Waals surface area contributed by atoms with Crippen LogP contribution >= 0.6 is 0 Å². The Balaban J connectivity index is 1.42. The molecule has 0 aromatic heterocycles. The van der Waals surface area contributed by atoms with Gasteiger partial charge < -0.3 is 14.6 Å². The van der Waals surface area contributed by atoms with E-state index in [-0.39, 0.29) is 24.7 Å². The lowest BCUT2D eigenvalue weighted by Gasteiger charge is -2.30. The molecule has 0 spiro atoms. The average molecular weight is 603 g/mol. The summed E-state index contributed by atoms with van der Waals surface area (Å²) in [5.74, 6) is 0.0343. The first-order valence-electron chi connectivity index (χ1n) is 16.7. The van der Waals surface area contributed by atoms with Crippen molar-refractivity contribution in [3.05, 3.63) is 95.1 Å². The molecule has 5 heteroatoms. The van der Waals surface area contributed by atoms with Crippen molar-refractivity contribution in [3.8, 4) is 0 Å². The van der Waals surface area contributed by atoms with Crippen LogP contribution in [0.3, 0.4) is 0 Å². The van der Waals surface area contributed by atoms with Crippen LogP contribution in [-0.2, 0) is 38.3 Å². The molecule has 0 radical (unpaired) electrons. The summed E-state index contributed by atoms with van der Waals surface area (Å²) in [6.07, 6.45) is 12.7. The third-order valence-electron chi connectivity index (χ3n) is 9.09. The number of aryl methyl sites for hydroxylation is 3. The lowest BCUT2D eigenvalue weighted by molar-refractivity contribution is -0.145. The summed E-state index contributed by atoms with van der Waals surface area (Å²) in [6.45, 7) is 12.9. The first-order chi connectivity index (χ1) is 21.2. The molecule has 2 aromatic carbocycles.